The monoisotopic (exact) mass is 442 g/mol. The number of methoxy groups -OCH3 is 1. The number of likely N-dealkylation sites (tertiary alicyclic amines) is 1. The van der Waals surface area contributed by atoms with Gasteiger partial charge in [-0.15, -0.1) is 0 Å². The molecule has 2 atom stereocenters. The van der Waals surface area contributed by atoms with Gasteiger partial charge in [0.2, 0.25) is 0 Å². The second kappa shape index (κ2) is 9.40. The van der Waals surface area contributed by atoms with Gasteiger partial charge in [0, 0.05) is 42.2 Å². The molecular weight excluding hydrogens is 415 g/mol. The Balaban J connectivity index is 1.58. The minimum Gasteiger partial charge on any atom is -0.468 e. The number of esters is 1. The number of nitrogens with zero attached hydrogens (tertiary/aromatic N) is 2. The molecule has 2 fully saturated rings. The van der Waals surface area contributed by atoms with Crippen LogP contribution in [-0.2, 0) is 20.9 Å². The predicted octanol–water partition coefficient (Wildman–Crippen LogP) is 3.91. The zero-order chi connectivity index (χ0) is 22.0. The molecule has 0 spiro atoms. The van der Waals surface area contributed by atoms with Crippen LogP contribution in [0.4, 0.5) is 4.39 Å². The van der Waals surface area contributed by atoms with Gasteiger partial charge in [0.05, 0.1) is 13.2 Å². The standard InChI is InChI=1S/C24H27FN2O3S/c1-30-22(28)15-26-10-8-16(13-26)12-18-14-27(11-9-21(18)31)23(24(29)17-6-7-17)19-4-2-3-5-20(19)25/h2-5,8,10,12-13,17,21,23,31H,6-7,9,11,14-15H2,1H3/b18-12+. The van der Waals surface area contributed by atoms with E-state index in [9.17, 15) is 14.0 Å². The summed E-state index contributed by atoms with van der Waals surface area (Å²) in [4.78, 5) is 26.7. The molecule has 164 valence electrons. The molecule has 1 saturated carbocycles. The normalized spacial score (nSPS) is 21.8. The number of aromatic nitrogens is 1. The Morgan fingerprint density at radius 2 is 2.03 bits per heavy atom. The summed E-state index contributed by atoms with van der Waals surface area (Å²) in [5, 5.41) is 0.0671. The minimum absolute atomic E-state index is 0.0399. The van der Waals surface area contributed by atoms with E-state index in [0.29, 0.717) is 18.7 Å². The van der Waals surface area contributed by atoms with E-state index in [1.54, 1.807) is 22.8 Å². The first-order valence-electron chi connectivity index (χ1n) is 10.6. The molecule has 31 heavy (non-hydrogen) atoms. The smallest absolute Gasteiger partial charge is 0.325 e. The Kier molecular flexibility index (Phi) is 6.62. The molecule has 0 N–H and O–H groups in total. The number of rotatable bonds is 7. The van der Waals surface area contributed by atoms with Gasteiger partial charge in [0.25, 0.3) is 0 Å². The lowest BCUT2D eigenvalue weighted by molar-refractivity contribution is -0.141. The van der Waals surface area contributed by atoms with Gasteiger partial charge in [0.1, 0.15) is 12.4 Å². The summed E-state index contributed by atoms with van der Waals surface area (Å²) in [6.07, 6.45) is 8.33. The summed E-state index contributed by atoms with van der Waals surface area (Å²) in [5.74, 6) is -0.485. The molecule has 2 aromatic rings. The third-order valence-corrected chi connectivity index (χ3v) is 6.57. The SMILES string of the molecule is COC(=O)Cn1ccc(/C=C2\CN(C(C(=O)C3CC3)c3ccccc3F)CCC2S)c1. The number of halogens is 1. The number of piperidine rings is 1. The van der Waals surface area contributed by atoms with Crippen molar-refractivity contribution in [3.8, 4) is 0 Å². The Hall–Kier alpha value is -2.38. The molecule has 0 radical (unpaired) electrons. The average Bonchev–Trinajstić information content (AvgIpc) is 3.53. The molecule has 1 aliphatic carbocycles. The first-order valence-corrected chi connectivity index (χ1v) is 11.1. The van der Waals surface area contributed by atoms with Crippen LogP contribution in [0.25, 0.3) is 6.08 Å². The van der Waals surface area contributed by atoms with E-state index in [-0.39, 0.29) is 35.3 Å². The molecule has 2 unspecified atom stereocenters. The van der Waals surface area contributed by atoms with Gasteiger partial charge in [-0.2, -0.15) is 12.6 Å². The second-order valence-corrected chi connectivity index (χ2v) is 8.91. The van der Waals surface area contributed by atoms with Crippen LogP contribution in [0, 0.1) is 11.7 Å². The summed E-state index contributed by atoms with van der Waals surface area (Å²) in [7, 11) is 1.37. The maximum Gasteiger partial charge on any atom is 0.325 e. The molecule has 5 nitrogen and oxygen atoms in total. The zero-order valence-electron chi connectivity index (χ0n) is 17.5. The maximum atomic E-state index is 14.6. The van der Waals surface area contributed by atoms with E-state index < -0.39 is 6.04 Å². The van der Waals surface area contributed by atoms with E-state index in [1.807, 2.05) is 18.5 Å². The highest BCUT2D eigenvalue weighted by Crippen LogP contribution is 2.39. The average molecular weight is 443 g/mol. The molecule has 4 rings (SSSR count). The molecule has 1 saturated heterocycles. The fourth-order valence-corrected chi connectivity index (χ4v) is 4.41. The summed E-state index contributed by atoms with van der Waals surface area (Å²) in [5.41, 5.74) is 2.49. The van der Waals surface area contributed by atoms with Gasteiger partial charge < -0.3 is 9.30 Å². The third kappa shape index (κ3) is 5.10. The first kappa shape index (κ1) is 21.8. The number of hydrogen-bond acceptors (Lipinski definition) is 5. The van der Waals surface area contributed by atoms with E-state index in [4.69, 9.17) is 17.4 Å². The molecule has 1 aromatic carbocycles. The molecule has 1 aromatic heterocycles. The van der Waals surface area contributed by atoms with Gasteiger partial charge in [0.15, 0.2) is 5.78 Å². The second-order valence-electron chi connectivity index (χ2n) is 8.29. The van der Waals surface area contributed by atoms with Crippen molar-refractivity contribution in [2.45, 2.75) is 37.1 Å². The maximum absolute atomic E-state index is 14.6. The first-order chi connectivity index (χ1) is 15.0. The van der Waals surface area contributed by atoms with Crippen molar-refractivity contribution in [1.29, 1.82) is 0 Å². The molecule has 2 aliphatic rings. The predicted molar refractivity (Wildman–Crippen MR) is 120 cm³/mol. The highest BCUT2D eigenvalue weighted by Gasteiger charge is 2.40. The lowest BCUT2D eigenvalue weighted by atomic mass is 9.93. The highest BCUT2D eigenvalue weighted by atomic mass is 32.1. The molecule has 7 heteroatoms. The van der Waals surface area contributed by atoms with Crippen LogP contribution in [0.15, 0.2) is 48.3 Å². The van der Waals surface area contributed by atoms with Gasteiger partial charge in [-0.3, -0.25) is 14.5 Å². The van der Waals surface area contributed by atoms with Crippen molar-refractivity contribution < 1.29 is 18.7 Å². The number of thiol groups is 1. The molecule has 2 heterocycles. The lowest BCUT2D eigenvalue weighted by Crippen LogP contribution is -2.42. The van der Waals surface area contributed by atoms with Crippen LogP contribution in [0.2, 0.25) is 0 Å². The highest BCUT2D eigenvalue weighted by molar-refractivity contribution is 7.81. The van der Waals surface area contributed by atoms with Gasteiger partial charge in [-0.05, 0) is 42.5 Å². The van der Waals surface area contributed by atoms with E-state index in [0.717, 1.165) is 30.4 Å². The fraction of sp³-hybridized carbons (Fsp3) is 0.417. The van der Waals surface area contributed by atoms with Crippen LogP contribution in [0.1, 0.15) is 36.4 Å². The quantitative estimate of drug-likeness (QED) is 0.522. The Labute approximate surface area is 187 Å². The van der Waals surface area contributed by atoms with Crippen molar-refractivity contribution in [1.82, 2.24) is 9.47 Å². The summed E-state index contributed by atoms with van der Waals surface area (Å²) >= 11 is 4.75. The van der Waals surface area contributed by atoms with Crippen molar-refractivity contribution in [3.63, 3.8) is 0 Å². The van der Waals surface area contributed by atoms with E-state index in [1.165, 1.54) is 13.2 Å². The summed E-state index contributed by atoms with van der Waals surface area (Å²) in [6.45, 7) is 1.39. The molecule has 0 bridgehead atoms. The number of ketones is 1. The Morgan fingerprint density at radius 3 is 2.74 bits per heavy atom. The topological polar surface area (TPSA) is 51.5 Å². The van der Waals surface area contributed by atoms with E-state index in [2.05, 4.69) is 11.0 Å². The largest absolute Gasteiger partial charge is 0.468 e. The van der Waals surface area contributed by atoms with E-state index >= 15 is 0 Å². The number of ether oxygens (including phenoxy) is 1. The number of benzene rings is 1. The Bertz CT molecular complexity index is 998. The summed E-state index contributed by atoms with van der Waals surface area (Å²) in [6, 6.07) is 7.96. The number of carbonyl (C=O) groups is 2. The fourth-order valence-electron chi connectivity index (χ4n) is 4.14. The third-order valence-electron chi connectivity index (χ3n) is 5.98. The van der Waals surface area contributed by atoms with Crippen LogP contribution in [0.5, 0.6) is 0 Å². The molecular formula is C24H27FN2O3S. The molecule has 1 aliphatic heterocycles. The summed E-state index contributed by atoms with van der Waals surface area (Å²) < 4.78 is 21.1. The zero-order valence-corrected chi connectivity index (χ0v) is 18.4. The van der Waals surface area contributed by atoms with Crippen LogP contribution < -0.4 is 0 Å². The van der Waals surface area contributed by atoms with Crippen molar-refractivity contribution in [3.05, 3.63) is 65.2 Å². The van der Waals surface area contributed by atoms with Crippen LogP contribution in [0.3, 0.4) is 0 Å². The van der Waals surface area contributed by atoms with Crippen LogP contribution >= 0.6 is 12.6 Å². The minimum atomic E-state index is -0.568. The lowest BCUT2D eigenvalue weighted by Gasteiger charge is -2.37. The van der Waals surface area contributed by atoms with Gasteiger partial charge >= 0.3 is 5.97 Å². The van der Waals surface area contributed by atoms with Gasteiger partial charge in [-0.1, -0.05) is 24.3 Å². The number of carbonyl (C=O) groups excluding carboxylic acids is 2. The van der Waals surface area contributed by atoms with Crippen molar-refractivity contribution >= 4 is 30.5 Å². The molecule has 0 amide bonds. The van der Waals surface area contributed by atoms with Crippen molar-refractivity contribution in [2.24, 2.45) is 5.92 Å². The number of hydrogen-bond donors (Lipinski definition) is 1. The van der Waals surface area contributed by atoms with Crippen LogP contribution in [-0.4, -0.2) is 46.7 Å². The number of Topliss-reactive ketones (excluding diaryl/α,β-unsaturated/α-hetero) is 1. The Morgan fingerprint density at radius 1 is 1.26 bits per heavy atom. The van der Waals surface area contributed by atoms with Crippen molar-refractivity contribution in [2.75, 3.05) is 20.2 Å². The van der Waals surface area contributed by atoms with Gasteiger partial charge in [-0.25, -0.2) is 4.39 Å².